The maximum absolute atomic E-state index is 12.7. The summed E-state index contributed by atoms with van der Waals surface area (Å²) >= 11 is 0. The topological polar surface area (TPSA) is 226 Å². The second kappa shape index (κ2) is 20.3. The number of hydrogen-bond acceptors (Lipinski definition) is 12. The molecule has 7 N–H and O–H groups in total. The maximum atomic E-state index is 12.7. The number of carboxylic acids is 1. The Morgan fingerprint density at radius 1 is 1.10 bits per heavy atom. The quantitative estimate of drug-likeness (QED) is 0.0423. The van der Waals surface area contributed by atoms with Gasteiger partial charge in [-0.3, -0.25) is 33.8 Å². The number of fused-ring (bicyclic) bond motifs is 1. The molecule has 0 aliphatic carbocycles. The van der Waals surface area contributed by atoms with Crippen LogP contribution in [0.3, 0.4) is 0 Å². The Hall–Kier alpha value is -5.21. The van der Waals surface area contributed by atoms with Crippen molar-refractivity contribution in [1.29, 1.82) is 0 Å². The van der Waals surface area contributed by atoms with E-state index in [2.05, 4.69) is 31.8 Å². The molecule has 0 spiro atoms. The Kier molecular flexibility index (Phi) is 16.0. The number of carbonyl (C=O) groups is 5. The number of carbonyl (C=O) groups excluding carboxylic acids is 4. The molecule has 17 heteroatoms. The number of ether oxygens (including phenoxy) is 1. The van der Waals surface area contributed by atoms with Crippen molar-refractivity contribution in [2.24, 2.45) is 0 Å². The Balaban J connectivity index is 1.32. The first-order valence-electron chi connectivity index (χ1n) is 15.5. The van der Waals surface area contributed by atoms with Crippen LogP contribution < -0.4 is 32.1 Å². The Morgan fingerprint density at radius 3 is 2.54 bits per heavy atom. The van der Waals surface area contributed by atoms with Gasteiger partial charge < -0.3 is 36.4 Å². The van der Waals surface area contributed by atoms with Gasteiger partial charge in [-0.15, -0.1) is 6.42 Å². The first kappa shape index (κ1) is 39.2. The number of anilines is 2. The fourth-order valence-electron chi connectivity index (χ4n) is 4.57. The number of esters is 1. The Labute approximate surface area is 296 Å². The third-order valence-corrected chi connectivity index (χ3v) is 9.35. The average Bonchev–Trinajstić information content (AvgIpc) is 3.08. The fraction of sp³-hybridized carbons (Fsp3) is 0.364. The van der Waals surface area contributed by atoms with E-state index in [9.17, 15) is 28.8 Å². The van der Waals surface area contributed by atoms with Gasteiger partial charge in [0.25, 0.3) is 11.5 Å². The molecule has 1 heterocycles. The van der Waals surface area contributed by atoms with E-state index < -0.39 is 36.2 Å². The van der Waals surface area contributed by atoms with Gasteiger partial charge in [0.1, 0.15) is 12.6 Å². The van der Waals surface area contributed by atoms with Gasteiger partial charge in [-0.25, -0.2) is 4.98 Å². The van der Waals surface area contributed by atoms with Gasteiger partial charge in [-0.2, -0.15) is 0 Å². The number of nitrogens with zero attached hydrogens (tertiary/aromatic N) is 2. The van der Waals surface area contributed by atoms with Crippen LogP contribution in [0.2, 0.25) is 0 Å². The molecule has 0 fully saturated rings. The van der Waals surface area contributed by atoms with Crippen LogP contribution in [0.4, 0.5) is 11.6 Å². The molecule has 15 nitrogen and oxygen atoms in total. The van der Waals surface area contributed by atoms with E-state index in [4.69, 9.17) is 22.0 Å². The van der Waals surface area contributed by atoms with Crippen LogP contribution in [0.5, 0.6) is 0 Å². The molecule has 0 radical (unpaired) electrons. The zero-order chi connectivity index (χ0) is 36.5. The first-order valence-corrected chi connectivity index (χ1v) is 18.0. The summed E-state index contributed by atoms with van der Waals surface area (Å²) in [4.78, 5) is 80.2. The summed E-state index contributed by atoms with van der Waals surface area (Å²) in [5, 5.41) is 16.8. The normalized spacial score (nSPS) is 11.2. The molecular formula is C33H39N7O8S2. The number of amides is 3. The standard InChI is InChI=1S/C33H39N7O8S2/c1-3-14-40(20-21-6-11-25-24(18-21)31(46)39-33(34)38-25)23-9-7-22(8-10-23)30(45)36-13-4-5-29(44)48-15-17-50-49-16-12-27(41)37-26(19-28(42)43)32(47)35-2/h1,6-11,18,26H,4-5,12-17,19-20H2,2H3,(H,35,47)(H,36,45)(H,37,41)(H,42,43)(H3,34,38,39,46)/t26-/m0/s1. The predicted molar refractivity (Wildman–Crippen MR) is 193 cm³/mol. The minimum atomic E-state index is -1.20. The van der Waals surface area contributed by atoms with Crippen LogP contribution in [-0.4, -0.2) is 89.0 Å². The number of carboxylic acid groups (broad SMARTS) is 1. The summed E-state index contributed by atoms with van der Waals surface area (Å²) in [6.45, 7) is 1.17. The van der Waals surface area contributed by atoms with Crippen LogP contribution in [0.15, 0.2) is 47.3 Å². The molecule has 3 rings (SSSR count). The molecule has 0 saturated carbocycles. The van der Waals surface area contributed by atoms with Crippen LogP contribution in [0.1, 0.15) is 41.6 Å². The van der Waals surface area contributed by atoms with Gasteiger partial charge in [-0.05, 0) is 48.4 Å². The molecule has 2 aromatic carbocycles. The van der Waals surface area contributed by atoms with Crippen LogP contribution in [0.25, 0.3) is 10.9 Å². The molecule has 1 atom stereocenters. The van der Waals surface area contributed by atoms with Gasteiger partial charge in [0.2, 0.25) is 17.8 Å². The number of aromatic amines is 1. The highest BCUT2D eigenvalue weighted by Crippen LogP contribution is 2.22. The predicted octanol–water partition coefficient (Wildman–Crippen LogP) is 1.68. The van der Waals surface area contributed by atoms with Gasteiger partial charge in [0.15, 0.2) is 0 Å². The molecule has 0 bridgehead atoms. The van der Waals surface area contributed by atoms with Crippen molar-refractivity contribution in [2.75, 3.05) is 48.9 Å². The smallest absolute Gasteiger partial charge is 0.305 e. The summed E-state index contributed by atoms with van der Waals surface area (Å²) in [6, 6.07) is 11.1. The van der Waals surface area contributed by atoms with Gasteiger partial charge >= 0.3 is 11.9 Å². The molecule has 0 unspecified atom stereocenters. The van der Waals surface area contributed by atoms with Gasteiger partial charge in [-0.1, -0.05) is 33.6 Å². The maximum Gasteiger partial charge on any atom is 0.305 e. The Morgan fingerprint density at radius 2 is 1.84 bits per heavy atom. The number of aromatic nitrogens is 2. The van der Waals surface area contributed by atoms with E-state index in [1.807, 2.05) is 11.0 Å². The highest BCUT2D eigenvalue weighted by molar-refractivity contribution is 8.76. The Bertz CT molecular complexity index is 1760. The summed E-state index contributed by atoms with van der Waals surface area (Å²) in [5.41, 5.74) is 7.87. The number of nitrogen functional groups attached to an aromatic ring is 1. The number of likely N-dealkylation sites (N-methyl/N-ethyl adjacent to an activating group) is 1. The summed E-state index contributed by atoms with van der Waals surface area (Å²) in [5.74, 6) is 0.712. The van der Waals surface area contributed by atoms with Crippen molar-refractivity contribution >= 4 is 73.8 Å². The molecule has 0 aliphatic rings. The van der Waals surface area contributed by atoms with Crippen LogP contribution in [0, 0.1) is 12.3 Å². The van der Waals surface area contributed by atoms with Gasteiger partial charge in [0.05, 0.1) is 23.9 Å². The third kappa shape index (κ3) is 13.0. The van der Waals surface area contributed by atoms with Crippen LogP contribution in [-0.2, 0) is 30.5 Å². The van der Waals surface area contributed by atoms with Crippen molar-refractivity contribution in [3.05, 3.63) is 63.9 Å². The number of nitrogens with two attached hydrogens (primary N) is 1. The molecule has 3 aromatic rings. The number of terminal acetylenes is 1. The van der Waals surface area contributed by atoms with E-state index in [0.29, 0.717) is 47.5 Å². The molecule has 266 valence electrons. The highest BCUT2D eigenvalue weighted by atomic mass is 33.1. The monoisotopic (exact) mass is 725 g/mol. The lowest BCUT2D eigenvalue weighted by Crippen LogP contribution is -2.46. The number of nitrogens with one attached hydrogen (secondary N) is 4. The second-order valence-electron chi connectivity index (χ2n) is 10.7. The summed E-state index contributed by atoms with van der Waals surface area (Å²) < 4.78 is 5.21. The number of rotatable bonds is 20. The number of benzene rings is 2. The fourth-order valence-corrected chi connectivity index (χ4v) is 6.39. The van der Waals surface area contributed by atoms with E-state index in [1.54, 1.807) is 36.4 Å². The van der Waals surface area contributed by atoms with Crippen molar-refractivity contribution in [2.45, 2.75) is 38.3 Å². The largest absolute Gasteiger partial charge is 0.481 e. The minimum Gasteiger partial charge on any atom is -0.481 e. The summed E-state index contributed by atoms with van der Waals surface area (Å²) in [7, 11) is 4.16. The molecular weight excluding hydrogens is 687 g/mol. The number of H-pyrrole nitrogens is 1. The lowest BCUT2D eigenvalue weighted by atomic mass is 10.1. The lowest BCUT2D eigenvalue weighted by Gasteiger charge is -2.23. The van der Waals surface area contributed by atoms with Crippen molar-refractivity contribution in [3.8, 4) is 12.3 Å². The van der Waals surface area contributed by atoms with E-state index >= 15 is 0 Å². The molecule has 1 aromatic heterocycles. The van der Waals surface area contributed by atoms with E-state index in [-0.39, 0.29) is 43.4 Å². The van der Waals surface area contributed by atoms with Crippen LogP contribution >= 0.6 is 21.6 Å². The second-order valence-corrected chi connectivity index (χ2v) is 13.4. The number of hydrogen-bond donors (Lipinski definition) is 6. The molecule has 0 aliphatic heterocycles. The third-order valence-electron chi connectivity index (χ3n) is 6.98. The molecule has 50 heavy (non-hydrogen) atoms. The zero-order valence-corrected chi connectivity index (χ0v) is 29.0. The van der Waals surface area contributed by atoms with Crippen molar-refractivity contribution in [3.63, 3.8) is 0 Å². The van der Waals surface area contributed by atoms with Crippen molar-refractivity contribution in [1.82, 2.24) is 25.9 Å². The minimum absolute atomic E-state index is 0.0475. The van der Waals surface area contributed by atoms with E-state index in [1.165, 1.54) is 28.6 Å². The summed E-state index contributed by atoms with van der Waals surface area (Å²) in [6.07, 6.45) is 5.72. The lowest BCUT2D eigenvalue weighted by molar-refractivity contribution is -0.143. The number of aliphatic carboxylic acids is 1. The average molecular weight is 726 g/mol. The highest BCUT2D eigenvalue weighted by Gasteiger charge is 2.22. The van der Waals surface area contributed by atoms with E-state index in [0.717, 1.165) is 11.3 Å². The zero-order valence-electron chi connectivity index (χ0n) is 27.4. The van der Waals surface area contributed by atoms with Gasteiger partial charge in [0, 0.05) is 55.7 Å². The van der Waals surface area contributed by atoms with Crippen molar-refractivity contribution < 1.29 is 33.8 Å². The first-order chi connectivity index (χ1) is 24.0. The molecule has 3 amide bonds. The SMILES string of the molecule is C#CCN(Cc1ccc2nc(N)[nH]c(=O)c2c1)c1ccc(C(=O)NCCCC(=O)OCCSSCCC(=O)N[C@@H](CC(=O)O)C(=O)NC)cc1. The molecule has 0 saturated heterocycles.